The minimum Gasteiger partial charge on any atom is -0.480 e. The van der Waals surface area contributed by atoms with Crippen molar-refractivity contribution >= 4 is 40.8 Å². The lowest BCUT2D eigenvalue weighted by Gasteiger charge is -2.31. The first-order valence-electron chi connectivity index (χ1n) is 12.7. The van der Waals surface area contributed by atoms with Crippen LogP contribution in [0.1, 0.15) is 59.0 Å². The summed E-state index contributed by atoms with van der Waals surface area (Å²) in [6, 6.07) is 16.7. The lowest BCUT2D eigenvalue weighted by Crippen LogP contribution is -2.41. The van der Waals surface area contributed by atoms with Crippen LogP contribution in [0.3, 0.4) is 0 Å². The van der Waals surface area contributed by atoms with Gasteiger partial charge in [-0.2, -0.15) is 0 Å². The zero-order chi connectivity index (χ0) is 29.0. The molecule has 3 aromatic carbocycles. The number of carboxylic acid groups (broad SMARTS) is 1. The maximum Gasteiger partial charge on any atom is 0.326 e. The van der Waals surface area contributed by atoms with Crippen molar-refractivity contribution in [2.45, 2.75) is 38.8 Å². The van der Waals surface area contributed by atoms with E-state index in [0.717, 1.165) is 0 Å². The van der Waals surface area contributed by atoms with Gasteiger partial charge in [0, 0.05) is 23.3 Å². The highest BCUT2D eigenvalue weighted by atomic mass is 16.6. The fourth-order valence-corrected chi connectivity index (χ4v) is 4.62. The minimum absolute atomic E-state index is 0.0293. The van der Waals surface area contributed by atoms with Crippen LogP contribution < -0.4 is 15.5 Å². The Balaban J connectivity index is 1.77. The number of nitro benzene ring substituents is 1. The number of fused-ring (bicyclic) bond motifs is 1. The van der Waals surface area contributed by atoms with E-state index in [-0.39, 0.29) is 41.3 Å². The molecule has 3 amide bonds. The Labute approximate surface area is 230 Å². The molecule has 3 N–H and O–H groups in total. The normalized spacial score (nSPS) is 15.4. The van der Waals surface area contributed by atoms with Gasteiger partial charge in [0.05, 0.1) is 28.8 Å². The van der Waals surface area contributed by atoms with Gasteiger partial charge in [-0.3, -0.25) is 29.4 Å². The molecule has 0 spiro atoms. The number of nitro groups is 1. The first-order valence-corrected chi connectivity index (χ1v) is 12.7. The van der Waals surface area contributed by atoms with E-state index in [1.807, 2.05) is 19.9 Å². The Morgan fingerprint density at radius 1 is 1.05 bits per heavy atom. The molecule has 40 heavy (non-hydrogen) atoms. The number of rotatable bonds is 8. The fourth-order valence-electron chi connectivity index (χ4n) is 4.62. The third-order valence-corrected chi connectivity index (χ3v) is 6.52. The zero-order valence-corrected chi connectivity index (χ0v) is 21.9. The van der Waals surface area contributed by atoms with Crippen molar-refractivity contribution in [3.63, 3.8) is 0 Å². The molecule has 3 aromatic rings. The van der Waals surface area contributed by atoms with Gasteiger partial charge in [0.25, 0.3) is 17.5 Å². The number of carboxylic acids is 1. The molecule has 2 atom stereocenters. The van der Waals surface area contributed by atoms with Gasteiger partial charge < -0.3 is 15.7 Å². The third-order valence-electron chi connectivity index (χ3n) is 6.52. The van der Waals surface area contributed by atoms with Crippen LogP contribution >= 0.6 is 0 Å². The molecule has 1 aliphatic heterocycles. The van der Waals surface area contributed by atoms with Crippen LogP contribution in [0.15, 0.2) is 72.8 Å². The molecular weight excluding hydrogens is 516 g/mol. The van der Waals surface area contributed by atoms with E-state index in [0.29, 0.717) is 11.3 Å². The van der Waals surface area contributed by atoms with Crippen LogP contribution in [0.2, 0.25) is 0 Å². The summed E-state index contributed by atoms with van der Waals surface area (Å²) in [5.74, 6) is -2.66. The molecule has 11 nitrogen and oxygen atoms in total. The van der Waals surface area contributed by atoms with Crippen molar-refractivity contribution in [2.24, 2.45) is 5.92 Å². The number of nitrogens with zero attached hydrogens (tertiary/aromatic N) is 2. The van der Waals surface area contributed by atoms with E-state index in [4.69, 9.17) is 0 Å². The Kier molecular flexibility index (Phi) is 8.23. The fraction of sp³-hybridized carbons (Fsp3) is 0.241. The number of aliphatic carboxylic acids is 1. The Morgan fingerprint density at radius 2 is 1.70 bits per heavy atom. The SMILES string of the molecule is CC(C)CC(NC(=O)c1ccc2c(c1)NC(=O)CC(c1ccccc1)N2C(=O)c1ccc([N+](=O)[O-])cc1)C(=O)O. The standard InChI is InChI=1S/C29H28N4O7/c1-17(2)14-23(29(37)38)31-27(35)20-10-13-24-22(15-20)30-26(34)16-25(18-6-4-3-5-7-18)32(24)28(36)19-8-11-21(12-9-19)33(39)40/h3-13,15,17,23,25H,14,16H2,1-2H3,(H,30,34)(H,31,35)(H,37,38). The largest absolute Gasteiger partial charge is 0.480 e. The molecule has 1 aliphatic rings. The predicted octanol–water partition coefficient (Wildman–Crippen LogP) is 4.55. The van der Waals surface area contributed by atoms with E-state index in [1.165, 1.54) is 47.4 Å². The van der Waals surface area contributed by atoms with Crippen LogP contribution in [-0.2, 0) is 9.59 Å². The maximum atomic E-state index is 13.9. The topological polar surface area (TPSA) is 159 Å². The summed E-state index contributed by atoms with van der Waals surface area (Å²) in [4.78, 5) is 63.5. The van der Waals surface area contributed by atoms with E-state index in [9.17, 15) is 34.4 Å². The Hall–Kier alpha value is -5.06. The third kappa shape index (κ3) is 6.15. The number of carbonyl (C=O) groups excluding carboxylic acids is 3. The van der Waals surface area contributed by atoms with Gasteiger partial charge in [0.2, 0.25) is 5.91 Å². The molecule has 206 valence electrons. The number of benzene rings is 3. The molecule has 0 aromatic heterocycles. The van der Waals surface area contributed by atoms with Gasteiger partial charge in [-0.25, -0.2) is 4.79 Å². The lowest BCUT2D eigenvalue weighted by atomic mass is 9.99. The van der Waals surface area contributed by atoms with Gasteiger partial charge >= 0.3 is 5.97 Å². The predicted molar refractivity (Wildman–Crippen MR) is 147 cm³/mol. The summed E-state index contributed by atoms with van der Waals surface area (Å²) in [6.45, 7) is 3.69. The van der Waals surface area contributed by atoms with Crippen molar-refractivity contribution in [1.82, 2.24) is 5.32 Å². The van der Waals surface area contributed by atoms with E-state index in [2.05, 4.69) is 10.6 Å². The zero-order valence-electron chi connectivity index (χ0n) is 21.9. The van der Waals surface area contributed by atoms with Gasteiger partial charge in [-0.05, 0) is 48.2 Å². The molecule has 0 fully saturated rings. The maximum absolute atomic E-state index is 13.9. The van der Waals surface area contributed by atoms with Gasteiger partial charge in [0.15, 0.2) is 0 Å². The smallest absolute Gasteiger partial charge is 0.326 e. The highest BCUT2D eigenvalue weighted by Gasteiger charge is 2.35. The van der Waals surface area contributed by atoms with Crippen molar-refractivity contribution in [2.75, 3.05) is 10.2 Å². The number of carbonyl (C=O) groups is 4. The molecule has 1 heterocycles. The second-order valence-electron chi connectivity index (χ2n) is 9.88. The molecule has 11 heteroatoms. The van der Waals surface area contributed by atoms with E-state index in [1.54, 1.807) is 24.3 Å². The monoisotopic (exact) mass is 544 g/mol. The number of nitrogens with one attached hydrogen (secondary N) is 2. The first kappa shape index (κ1) is 28.0. The minimum atomic E-state index is -1.16. The summed E-state index contributed by atoms with van der Waals surface area (Å²) in [5, 5.41) is 25.9. The Morgan fingerprint density at radius 3 is 2.30 bits per heavy atom. The molecule has 0 bridgehead atoms. The second-order valence-corrected chi connectivity index (χ2v) is 9.88. The highest BCUT2D eigenvalue weighted by molar-refractivity contribution is 6.12. The van der Waals surface area contributed by atoms with Crippen LogP contribution in [0.4, 0.5) is 17.1 Å². The lowest BCUT2D eigenvalue weighted by molar-refractivity contribution is -0.384. The number of hydrogen-bond donors (Lipinski definition) is 3. The summed E-state index contributed by atoms with van der Waals surface area (Å²) in [6.07, 6.45) is 0.146. The molecule has 4 rings (SSSR count). The summed E-state index contributed by atoms with van der Waals surface area (Å²) < 4.78 is 0. The van der Waals surface area contributed by atoms with E-state index < -0.39 is 40.7 Å². The van der Waals surface area contributed by atoms with Crippen molar-refractivity contribution in [3.8, 4) is 0 Å². The Bertz CT molecular complexity index is 1450. The summed E-state index contributed by atoms with van der Waals surface area (Å²) in [7, 11) is 0. The molecule has 0 saturated heterocycles. The molecule has 0 saturated carbocycles. The number of hydrogen-bond acceptors (Lipinski definition) is 6. The van der Waals surface area contributed by atoms with E-state index >= 15 is 0 Å². The molecule has 2 unspecified atom stereocenters. The van der Waals surface area contributed by atoms with Crippen molar-refractivity contribution in [3.05, 3.63) is 99.6 Å². The first-order chi connectivity index (χ1) is 19.0. The van der Waals surface area contributed by atoms with Crippen molar-refractivity contribution in [1.29, 1.82) is 0 Å². The van der Waals surface area contributed by atoms with Crippen LogP contribution in [0.5, 0.6) is 0 Å². The van der Waals surface area contributed by atoms with Crippen LogP contribution in [-0.4, -0.2) is 39.8 Å². The van der Waals surface area contributed by atoms with Gasteiger partial charge in [0.1, 0.15) is 6.04 Å². The highest BCUT2D eigenvalue weighted by Crippen LogP contribution is 2.39. The molecular formula is C29H28N4O7. The van der Waals surface area contributed by atoms with Gasteiger partial charge in [-0.1, -0.05) is 44.2 Å². The number of non-ortho nitro benzene ring substituents is 1. The van der Waals surface area contributed by atoms with Crippen LogP contribution in [0, 0.1) is 16.0 Å². The quantitative estimate of drug-likeness (QED) is 0.277. The van der Waals surface area contributed by atoms with Gasteiger partial charge in [-0.15, -0.1) is 0 Å². The van der Waals surface area contributed by atoms with Crippen molar-refractivity contribution < 1.29 is 29.2 Å². The average Bonchev–Trinajstić information content (AvgIpc) is 3.07. The van der Waals surface area contributed by atoms with Crippen LogP contribution in [0.25, 0.3) is 0 Å². The summed E-state index contributed by atoms with van der Waals surface area (Å²) in [5.41, 5.74) is 1.32. The number of amides is 3. The average molecular weight is 545 g/mol. The number of anilines is 2. The molecule has 0 radical (unpaired) electrons. The second kappa shape index (κ2) is 11.8. The molecule has 0 aliphatic carbocycles. The summed E-state index contributed by atoms with van der Waals surface area (Å²) >= 11 is 0.